The van der Waals surface area contributed by atoms with Gasteiger partial charge in [-0.25, -0.2) is 4.79 Å². The third-order valence-corrected chi connectivity index (χ3v) is 8.36. The molecule has 1 atom stereocenters. The van der Waals surface area contributed by atoms with Gasteiger partial charge in [0.2, 0.25) is 0 Å². The topological polar surface area (TPSA) is 54.0 Å². The fraction of sp³-hybridized carbons (Fsp3) is 0.457. The lowest BCUT2D eigenvalue weighted by Gasteiger charge is -2.42. The van der Waals surface area contributed by atoms with Crippen LogP contribution >= 0.6 is 0 Å². The summed E-state index contributed by atoms with van der Waals surface area (Å²) in [6, 6.07) is 20.8. The van der Waals surface area contributed by atoms with E-state index in [1.807, 2.05) is 51.1 Å². The van der Waals surface area contributed by atoms with Crippen molar-refractivity contribution in [3.8, 4) is 28.0 Å². The summed E-state index contributed by atoms with van der Waals surface area (Å²) in [7, 11) is 0. The minimum atomic E-state index is -0.590. The molecule has 0 spiro atoms. The van der Waals surface area contributed by atoms with Crippen LogP contribution in [0.15, 0.2) is 60.7 Å². The summed E-state index contributed by atoms with van der Waals surface area (Å²) >= 11 is 0. The first kappa shape index (κ1) is 28.4. The molecule has 0 saturated carbocycles. The molecule has 0 bridgehead atoms. The summed E-state index contributed by atoms with van der Waals surface area (Å²) in [5, 5.41) is 0. The van der Waals surface area contributed by atoms with Crippen molar-refractivity contribution in [1.82, 2.24) is 0 Å². The van der Waals surface area contributed by atoms with Gasteiger partial charge >= 0.3 is 5.97 Å². The van der Waals surface area contributed by atoms with E-state index in [4.69, 9.17) is 18.9 Å². The van der Waals surface area contributed by atoms with Crippen LogP contribution in [0, 0.1) is 0 Å². The highest BCUT2D eigenvalue weighted by atomic mass is 16.7. The number of fused-ring (bicyclic) bond motifs is 1. The minimum Gasteiger partial charge on any atom is -0.490 e. The van der Waals surface area contributed by atoms with Gasteiger partial charge in [-0.2, -0.15) is 0 Å². The van der Waals surface area contributed by atoms with Gasteiger partial charge in [-0.1, -0.05) is 64.1 Å². The molecular weight excluding hydrogens is 500 g/mol. The number of carbonyl (C=O) groups excluding carboxylic acids is 1. The van der Waals surface area contributed by atoms with E-state index in [-0.39, 0.29) is 22.9 Å². The first-order valence-corrected chi connectivity index (χ1v) is 14.4. The van der Waals surface area contributed by atoms with E-state index in [9.17, 15) is 4.79 Å². The molecule has 1 saturated heterocycles. The molecule has 0 N–H and O–H groups in total. The van der Waals surface area contributed by atoms with Crippen LogP contribution < -0.4 is 4.74 Å². The summed E-state index contributed by atoms with van der Waals surface area (Å²) in [5.41, 5.74) is 7.88. The Morgan fingerprint density at radius 3 is 2.12 bits per heavy atom. The van der Waals surface area contributed by atoms with E-state index < -0.39 is 5.79 Å². The van der Waals surface area contributed by atoms with Crippen LogP contribution in [0.5, 0.6) is 5.75 Å². The van der Waals surface area contributed by atoms with E-state index in [2.05, 4.69) is 58.0 Å². The molecule has 0 radical (unpaired) electrons. The molecule has 3 aromatic carbocycles. The predicted molar refractivity (Wildman–Crippen MR) is 159 cm³/mol. The van der Waals surface area contributed by atoms with Crippen LogP contribution in [-0.4, -0.2) is 37.7 Å². The van der Waals surface area contributed by atoms with Gasteiger partial charge in [0.25, 0.3) is 0 Å². The molecule has 212 valence electrons. The molecule has 1 fully saturated rings. The van der Waals surface area contributed by atoms with Gasteiger partial charge in [-0.15, -0.1) is 0 Å². The molecule has 5 heteroatoms. The van der Waals surface area contributed by atoms with Crippen LogP contribution in [0.1, 0.15) is 82.8 Å². The number of esters is 1. The van der Waals surface area contributed by atoms with E-state index in [0.717, 1.165) is 34.4 Å². The SMILES string of the molecule is CCOC(=O)c1ccc(-c2ccc(OCC3COC(C)(C)O3)c(-c3ccc4c(c3)C(C)(C)CCC4(C)C)c2)cc1. The third-order valence-electron chi connectivity index (χ3n) is 8.36. The molecule has 1 heterocycles. The summed E-state index contributed by atoms with van der Waals surface area (Å²) in [4.78, 5) is 12.2. The van der Waals surface area contributed by atoms with Crippen molar-refractivity contribution >= 4 is 5.97 Å². The first-order valence-electron chi connectivity index (χ1n) is 14.4. The smallest absolute Gasteiger partial charge is 0.338 e. The Balaban J connectivity index is 1.53. The lowest BCUT2D eigenvalue weighted by Crippen LogP contribution is -2.33. The number of hydrogen-bond acceptors (Lipinski definition) is 5. The number of carbonyl (C=O) groups is 1. The molecule has 5 nitrogen and oxygen atoms in total. The predicted octanol–water partition coefficient (Wildman–Crippen LogP) is 8.08. The maximum Gasteiger partial charge on any atom is 0.338 e. The first-order chi connectivity index (χ1) is 18.9. The third kappa shape index (κ3) is 5.82. The standard InChI is InChI=1S/C35H42O5/c1-8-37-32(36)24-11-9-23(10-12-24)25-14-16-31(38-21-27-22-39-35(6,7)40-27)28(19-25)26-13-15-29-30(20-26)34(4,5)18-17-33(29,2)3/h9-16,19-20,27H,8,17-18,21-22H2,1-7H3. The fourth-order valence-electron chi connectivity index (χ4n) is 5.86. The number of rotatable bonds is 7. The van der Waals surface area contributed by atoms with Crippen LogP contribution in [0.4, 0.5) is 0 Å². The zero-order chi connectivity index (χ0) is 28.7. The second-order valence-electron chi connectivity index (χ2n) is 12.8. The van der Waals surface area contributed by atoms with Crippen LogP contribution in [-0.2, 0) is 25.0 Å². The molecule has 5 rings (SSSR count). The lowest BCUT2D eigenvalue weighted by atomic mass is 9.63. The van der Waals surface area contributed by atoms with Crippen molar-refractivity contribution in [2.45, 2.75) is 84.0 Å². The van der Waals surface area contributed by atoms with E-state index in [1.54, 1.807) is 0 Å². The van der Waals surface area contributed by atoms with Gasteiger partial charge < -0.3 is 18.9 Å². The number of benzene rings is 3. The van der Waals surface area contributed by atoms with Gasteiger partial charge in [0.05, 0.1) is 18.8 Å². The quantitative estimate of drug-likeness (QED) is 0.283. The Morgan fingerprint density at radius 1 is 0.825 bits per heavy atom. The average molecular weight is 543 g/mol. The fourth-order valence-corrected chi connectivity index (χ4v) is 5.86. The van der Waals surface area contributed by atoms with Gasteiger partial charge in [0.1, 0.15) is 18.5 Å². The highest BCUT2D eigenvalue weighted by molar-refractivity contribution is 5.90. The minimum absolute atomic E-state index is 0.100. The normalized spacial score (nSPS) is 20.5. The van der Waals surface area contributed by atoms with Gasteiger partial charge in [0, 0.05) is 5.56 Å². The zero-order valence-corrected chi connectivity index (χ0v) is 24.9. The van der Waals surface area contributed by atoms with Crippen molar-refractivity contribution < 1.29 is 23.7 Å². The summed E-state index contributed by atoms with van der Waals surface area (Å²) in [6.45, 7) is 16.3. The van der Waals surface area contributed by atoms with Crippen molar-refractivity contribution in [1.29, 1.82) is 0 Å². The molecule has 0 aromatic heterocycles. The molecule has 1 aliphatic carbocycles. The second-order valence-corrected chi connectivity index (χ2v) is 12.8. The zero-order valence-electron chi connectivity index (χ0n) is 24.9. The van der Waals surface area contributed by atoms with Crippen molar-refractivity contribution in [3.63, 3.8) is 0 Å². The summed E-state index contributed by atoms with van der Waals surface area (Å²) < 4.78 is 23.3. The molecule has 3 aromatic rings. The number of ether oxygens (including phenoxy) is 4. The Morgan fingerprint density at radius 2 is 1.48 bits per heavy atom. The maximum atomic E-state index is 12.2. The Bertz CT molecular complexity index is 1380. The molecule has 1 aliphatic heterocycles. The monoisotopic (exact) mass is 542 g/mol. The largest absolute Gasteiger partial charge is 0.490 e. The second kappa shape index (κ2) is 10.7. The van der Waals surface area contributed by atoms with E-state index in [1.165, 1.54) is 17.5 Å². The van der Waals surface area contributed by atoms with E-state index >= 15 is 0 Å². The Kier molecular flexibility index (Phi) is 7.58. The van der Waals surface area contributed by atoms with Gasteiger partial charge in [0.15, 0.2) is 5.79 Å². The van der Waals surface area contributed by atoms with Crippen LogP contribution in [0.25, 0.3) is 22.3 Å². The molecule has 1 unspecified atom stereocenters. The Hall–Kier alpha value is -3.15. The van der Waals surface area contributed by atoms with Crippen LogP contribution in [0.3, 0.4) is 0 Å². The summed E-state index contributed by atoms with van der Waals surface area (Å²) in [6.07, 6.45) is 2.21. The molecular formula is C35H42O5. The highest BCUT2D eigenvalue weighted by Gasteiger charge is 2.37. The van der Waals surface area contributed by atoms with Gasteiger partial charge in [-0.3, -0.25) is 0 Å². The number of hydrogen-bond donors (Lipinski definition) is 0. The molecule has 0 amide bonds. The average Bonchev–Trinajstić information content (AvgIpc) is 3.28. The Labute approximate surface area is 238 Å². The molecule has 40 heavy (non-hydrogen) atoms. The highest BCUT2D eigenvalue weighted by Crippen LogP contribution is 2.47. The maximum absolute atomic E-state index is 12.2. The van der Waals surface area contributed by atoms with Gasteiger partial charge in [-0.05, 0) is 96.5 Å². The van der Waals surface area contributed by atoms with Crippen molar-refractivity contribution in [2.75, 3.05) is 19.8 Å². The summed E-state index contributed by atoms with van der Waals surface area (Å²) in [5.74, 6) is -0.0831. The van der Waals surface area contributed by atoms with E-state index in [0.29, 0.717) is 25.4 Å². The van der Waals surface area contributed by atoms with Crippen molar-refractivity contribution in [3.05, 3.63) is 77.4 Å². The van der Waals surface area contributed by atoms with Crippen molar-refractivity contribution in [2.24, 2.45) is 0 Å². The van der Waals surface area contributed by atoms with Crippen LogP contribution in [0.2, 0.25) is 0 Å². The lowest BCUT2D eigenvalue weighted by molar-refractivity contribution is -0.141. The molecule has 2 aliphatic rings.